The number of hydrogen-bond donors (Lipinski definition) is 6. The summed E-state index contributed by atoms with van der Waals surface area (Å²) in [5.41, 5.74) is -0.487. The number of aliphatic hydroxyl groups is 1. The molecule has 2 atom stereocenters. The minimum absolute atomic E-state index is 0.108. The van der Waals surface area contributed by atoms with Gasteiger partial charge in [-0.3, -0.25) is 9.59 Å². The molecule has 2 aromatic carbocycles. The maximum atomic E-state index is 14.8. The average Bonchev–Trinajstić information content (AvgIpc) is 3.35. The number of nitrogens with one attached hydrogen (secondary N) is 3. The van der Waals surface area contributed by atoms with Crippen molar-refractivity contribution in [2.24, 2.45) is 0 Å². The van der Waals surface area contributed by atoms with Gasteiger partial charge in [-0.1, -0.05) is 35.3 Å². The fourth-order valence-corrected chi connectivity index (χ4v) is 4.15. The van der Waals surface area contributed by atoms with E-state index in [-0.39, 0.29) is 38.2 Å². The van der Waals surface area contributed by atoms with E-state index in [9.17, 15) is 38.5 Å². The van der Waals surface area contributed by atoms with E-state index in [4.69, 9.17) is 23.2 Å². The lowest BCUT2D eigenvalue weighted by atomic mass is 9.96. The molecule has 0 saturated carbocycles. The summed E-state index contributed by atoms with van der Waals surface area (Å²) in [6, 6.07) is 8.39. The topological polar surface area (TPSA) is 152 Å². The van der Waals surface area contributed by atoms with Gasteiger partial charge in [0.15, 0.2) is 0 Å². The van der Waals surface area contributed by atoms with Crippen molar-refractivity contribution >= 4 is 41.0 Å². The van der Waals surface area contributed by atoms with Crippen molar-refractivity contribution in [1.29, 1.82) is 0 Å². The van der Waals surface area contributed by atoms with Crippen LogP contribution in [0.5, 0.6) is 5.75 Å². The number of benzene rings is 2. The second kappa shape index (κ2) is 11.6. The number of aromatic amines is 1. The van der Waals surface area contributed by atoms with Gasteiger partial charge in [-0.25, -0.2) is 13.6 Å². The predicted molar refractivity (Wildman–Crippen MR) is 130 cm³/mol. The van der Waals surface area contributed by atoms with Crippen molar-refractivity contribution in [2.75, 3.05) is 6.54 Å². The second-order valence-corrected chi connectivity index (χ2v) is 8.84. The first-order chi connectivity index (χ1) is 17.4. The zero-order valence-electron chi connectivity index (χ0n) is 18.8. The van der Waals surface area contributed by atoms with Gasteiger partial charge in [0.2, 0.25) is 0 Å². The van der Waals surface area contributed by atoms with Gasteiger partial charge in [0.1, 0.15) is 23.6 Å². The van der Waals surface area contributed by atoms with Crippen molar-refractivity contribution in [2.45, 2.75) is 24.5 Å². The molecule has 3 rings (SSSR count). The van der Waals surface area contributed by atoms with E-state index in [0.717, 1.165) is 18.2 Å². The number of carboxylic acids is 1. The highest BCUT2D eigenvalue weighted by atomic mass is 35.5. The maximum absolute atomic E-state index is 14.8. The number of rotatable bonds is 10. The van der Waals surface area contributed by atoms with Crippen LogP contribution in [0.15, 0.2) is 54.7 Å². The SMILES string of the molecule is O=C(NC[C@H](NC(=O)c1c(Cl)cc(CC(F)(F)C(O)c2cccc(O)c2)cc1Cl)C(=O)O)c1ccc[nH]1. The number of phenolic OH excluding ortho intramolecular Hbond substituents is 1. The number of hydrogen-bond acceptors (Lipinski definition) is 5. The fraction of sp³-hybridized carbons (Fsp3) is 0.208. The Hall–Kier alpha value is -3.67. The summed E-state index contributed by atoms with van der Waals surface area (Å²) in [5, 5.41) is 32.9. The summed E-state index contributed by atoms with van der Waals surface area (Å²) in [6.07, 6.45) is -1.76. The second-order valence-electron chi connectivity index (χ2n) is 8.03. The van der Waals surface area contributed by atoms with Crippen LogP contribution in [0.2, 0.25) is 10.0 Å². The molecule has 0 saturated heterocycles. The number of carbonyl (C=O) groups is 3. The Morgan fingerprint density at radius 1 is 1.03 bits per heavy atom. The molecule has 9 nitrogen and oxygen atoms in total. The Balaban J connectivity index is 1.72. The summed E-state index contributed by atoms with van der Waals surface area (Å²) in [7, 11) is 0. The molecule has 0 fully saturated rings. The number of phenols is 1. The summed E-state index contributed by atoms with van der Waals surface area (Å²) in [6.45, 7) is -0.467. The fourth-order valence-electron chi connectivity index (χ4n) is 3.44. The third kappa shape index (κ3) is 6.97. The van der Waals surface area contributed by atoms with E-state index in [1.807, 2.05) is 0 Å². The molecule has 1 aromatic heterocycles. The average molecular weight is 556 g/mol. The highest BCUT2D eigenvalue weighted by Gasteiger charge is 2.40. The van der Waals surface area contributed by atoms with Crippen LogP contribution in [0, 0.1) is 0 Å². The predicted octanol–water partition coefficient (Wildman–Crippen LogP) is 3.55. The van der Waals surface area contributed by atoms with E-state index in [1.165, 1.54) is 30.5 Å². The van der Waals surface area contributed by atoms with Crippen molar-refractivity contribution in [1.82, 2.24) is 15.6 Å². The van der Waals surface area contributed by atoms with Crippen LogP contribution < -0.4 is 10.6 Å². The first kappa shape index (κ1) is 27.9. The quantitative estimate of drug-likeness (QED) is 0.225. The van der Waals surface area contributed by atoms with E-state index in [2.05, 4.69) is 15.6 Å². The summed E-state index contributed by atoms with van der Waals surface area (Å²) >= 11 is 12.3. The van der Waals surface area contributed by atoms with Gasteiger partial charge in [0.05, 0.1) is 15.6 Å². The molecule has 1 heterocycles. The first-order valence-electron chi connectivity index (χ1n) is 10.7. The normalized spacial score (nSPS) is 13.0. The Labute approximate surface area is 219 Å². The molecule has 1 unspecified atom stereocenters. The maximum Gasteiger partial charge on any atom is 0.328 e. The van der Waals surface area contributed by atoms with Crippen LogP contribution in [0.4, 0.5) is 8.78 Å². The lowest BCUT2D eigenvalue weighted by Gasteiger charge is -2.23. The first-order valence-corrected chi connectivity index (χ1v) is 11.4. The van der Waals surface area contributed by atoms with Crippen LogP contribution in [0.1, 0.15) is 38.1 Å². The summed E-state index contributed by atoms with van der Waals surface area (Å²) < 4.78 is 29.5. The molecule has 37 heavy (non-hydrogen) atoms. The van der Waals surface area contributed by atoms with Crippen LogP contribution in [-0.4, -0.2) is 56.6 Å². The van der Waals surface area contributed by atoms with Gasteiger partial charge in [-0.05, 0) is 47.5 Å². The minimum Gasteiger partial charge on any atom is -0.508 e. The van der Waals surface area contributed by atoms with E-state index >= 15 is 0 Å². The molecule has 0 aliphatic rings. The van der Waals surface area contributed by atoms with Gasteiger partial charge in [0.25, 0.3) is 17.7 Å². The number of aromatic hydroxyl groups is 1. The molecule has 0 bridgehead atoms. The molecule has 0 spiro atoms. The monoisotopic (exact) mass is 555 g/mol. The van der Waals surface area contributed by atoms with Crippen LogP contribution in [0.3, 0.4) is 0 Å². The zero-order valence-corrected chi connectivity index (χ0v) is 20.4. The molecule has 196 valence electrons. The third-order valence-corrected chi connectivity index (χ3v) is 5.86. The highest BCUT2D eigenvalue weighted by molar-refractivity contribution is 6.39. The number of aliphatic carboxylic acids is 1. The lowest BCUT2D eigenvalue weighted by Crippen LogP contribution is -2.48. The van der Waals surface area contributed by atoms with Gasteiger partial charge in [-0.15, -0.1) is 0 Å². The molecule has 0 aliphatic carbocycles. The van der Waals surface area contributed by atoms with E-state index in [1.54, 1.807) is 6.07 Å². The Morgan fingerprint density at radius 2 is 1.70 bits per heavy atom. The smallest absolute Gasteiger partial charge is 0.328 e. The molecular formula is C24H21Cl2F2N3O6. The molecule has 3 aromatic rings. The number of amides is 2. The van der Waals surface area contributed by atoms with Gasteiger partial charge in [0, 0.05) is 19.2 Å². The number of aliphatic hydroxyl groups excluding tert-OH is 1. The third-order valence-electron chi connectivity index (χ3n) is 5.27. The van der Waals surface area contributed by atoms with Gasteiger partial charge in [-0.2, -0.15) is 0 Å². The van der Waals surface area contributed by atoms with Gasteiger partial charge >= 0.3 is 5.97 Å². The van der Waals surface area contributed by atoms with E-state index in [0.29, 0.717) is 0 Å². The largest absolute Gasteiger partial charge is 0.508 e. The van der Waals surface area contributed by atoms with Crippen LogP contribution in [0.25, 0.3) is 0 Å². The van der Waals surface area contributed by atoms with Crippen LogP contribution in [-0.2, 0) is 11.2 Å². The molecular weight excluding hydrogens is 535 g/mol. The summed E-state index contributed by atoms with van der Waals surface area (Å²) in [4.78, 5) is 39.0. The van der Waals surface area contributed by atoms with Crippen molar-refractivity contribution in [3.8, 4) is 5.75 Å². The standard InChI is InChI=1S/C24H21Cl2F2N3O6/c25-15-7-12(10-24(27,28)20(33)13-3-1-4-14(32)9-13)8-16(26)19(15)22(35)31-18(23(36)37)11-30-21(34)17-5-2-6-29-17/h1-9,18,20,29,32-33H,10-11H2,(H,30,34)(H,31,35)(H,36,37)/t18-,20?/m0/s1. The van der Waals surface area contributed by atoms with E-state index < -0.39 is 48.8 Å². The molecule has 0 aliphatic heterocycles. The van der Waals surface area contributed by atoms with Crippen molar-refractivity contribution < 1.29 is 38.5 Å². The number of aromatic nitrogens is 1. The molecule has 2 amide bonds. The number of halogens is 4. The summed E-state index contributed by atoms with van der Waals surface area (Å²) in [5.74, 6) is -7.05. The number of carbonyl (C=O) groups excluding carboxylic acids is 2. The Bertz CT molecular complexity index is 1280. The lowest BCUT2D eigenvalue weighted by molar-refractivity contribution is -0.139. The Morgan fingerprint density at radius 3 is 2.27 bits per heavy atom. The highest BCUT2D eigenvalue weighted by Crippen LogP contribution is 2.37. The molecule has 13 heteroatoms. The molecule has 6 N–H and O–H groups in total. The zero-order chi connectivity index (χ0) is 27.3. The molecule has 0 radical (unpaired) electrons. The van der Waals surface area contributed by atoms with Crippen molar-refractivity contribution in [3.05, 3.63) is 87.2 Å². The van der Waals surface area contributed by atoms with Crippen molar-refractivity contribution in [3.63, 3.8) is 0 Å². The Kier molecular flexibility index (Phi) is 8.74. The number of alkyl halides is 2. The minimum atomic E-state index is -3.70. The van der Waals surface area contributed by atoms with Crippen LogP contribution >= 0.6 is 23.2 Å². The number of carboxylic acid groups (broad SMARTS) is 1. The number of H-pyrrole nitrogens is 1. The van der Waals surface area contributed by atoms with Gasteiger partial charge < -0.3 is 30.9 Å².